The second kappa shape index (κ2) is 4.45. The molecular formula is C16H19NO. The second-order valence-electron chi connectivity index (χ2n) is 4.92. The summed E-state index contributed by atoms with van der Waals surface area (Å²) in [6.45, 7) is 10.4. The zero-order chi connectivity index (χ0) is 13.4. The number of aromatic hydroxyl groups is 1. The van der Waals surface area contributed by atoms with Gasteiger partial charge in [0.05, 0.1) is 5.69 Å². The van der Waals surface area contributed by atoms with Crippen molar-refractivity contribution in [3.63, 3.8) is 0 Å². The molecule has 0 spiro atoms. The third-order valence-electron chi connectivity index (χ3n) is 3.77. The van der Waals surface area contributed by atoms with Gasteiger partial charge in [-0.2, -0.15) is 0 Å². The van der Waals surface area contributed by atoms with Crippen molar-refractivity contribution in [3.05, 3.63) is 46.1 Å². The Morgan fingerprint density at radius 1 is 0.889 bits per heavy atom. The minimum absolute atomic E-state index is 0.300. The van der Waals surface area contributed by atoms with Crippen molar-refractivity contribution in [3.8, 4) is 17.0 Å². The predicted octanol–water partition coefficient (Wildman–Crippen LogP) is 4.00. The molecule has 0 saturated carbocycles. The first kappa shape index (κ1) is 12.6. The fourth-order valence-electron chi connectivity index (χ4n) is 2.24. The third kappa shape index (κ3) is 1.99. The smallest absolute Gasteiger partial charge is 0.115 e. The molecule has 1 aromatic heterocycles. The minimum Gasteiger partial charge on any atom is -0.508 e. The molecule has 1 N–H and O–H groups in total. The van der Waals surface area contributed by atoms with E-state index < -0.39 is 0 Å². The maximum Gasteiger partial charge on any atom is 0.115 e. The Morgan fingerprint density at radius 2 is 1.56 bits per heavy atom. The van der Waals surface area contributed by atoms with Crippen molar-refractivity contribution in [2.45, 2.75) is 34.6 Å². The van der Waals surface area contributed by atoms with E-state index in [0.717, 1.165) is 22.5 Å². The number of phenolic OH excluding ortho intramolecular Hbond substituents is 1. The quantitative estimate of drug-likeness (QED) is 0.818. The molecule has 0 radical (unpaired) electrons. The van der Waals surface area contributed by atoms with Crippen LogP contribution >= 0.6 is 0 Å². The highest BCUT2D eigenvalue weighted by Crippen LogP contribution is 2.30. The van der Waals surface area contributed by atoms with Crippen molar-refractivity contribution in [1.82, 2.24) is 4.98 Å². The van der Waals surface area contributed by atoms with Crippen LogP contribution in [-0.4, -0.2) is 10.1 Å². The number of hydrogen-bond donors (Lipinski definition) is 1. The van der Waals surface area contributed by atoms with Crippen LogP contribution in [0.5, 0.6) is 5.75 Å². The van der Waals surface area contributed by atoms with Crippen molar-refractivity contribution in [2.75, 3.05) is 0 Å². The Balaban J connectivity index is 2.72. The third-order valence-corrected chi connectivity index (χ3v) is 3.77. The topological polar surface area (TPSA) is 33.1 Å². The number of pyridine rings is 1. The summed E-state index contributed by atoms with van der Waals surface area (Å²) >= 11 is 0. The summed E-state index contributed by atoms with van der Waals surface area (Å²) in [6, 6.07) is 5.43. The Bertz CT molecular complexity index is 615. The number of phenols is 1. The van der Waals surface area contributed by atoms with Crippen LogP contribution in [0.3, 0.4) is 0 Å². The fourth-order valence-corrected chi connectivity index (χ4v) is 2.24. The minimum atomic E-state index is 0.300. The van der Waals surface area contributed by atoms with Crippen LogP contribution in [0.15, 0.2) is 18.2 Å². The molecule has 0 fully saturated rings. The van der Waals surface area contributed by atoms with Gasteiger partial charge in [0.2, 0.25) is 0 Å². The number of rotatable bonds is 1. The summed E-state index contributed by atoms with van der Waals surface area (Å²) in [4.78, 5) is 4.71. The van der Waals surface area contributed by atoms with Crippen molar-refractivity contribution < 1.29 is 5.11 Å². The van der Waals surface area contributed by atoms with E-state index in [2.05, 4.69) is 20.8 Å². The highest BCUT2D eigenvalue weighted by Gasteiger charge is 2.12. The molecule has 1 aromatic carbocycles. The van der Waals surface area contributed by atoms with Gasteiger partial charge in [0.15, 0.2) is 0 Å². The van der Waals surface area contributed by atoms with E-state index in [0.29, 0.717) is 5.75 Å². The Morgan fingerprint density at radius 3 is 2.17 bits per heavy atom. The first-order valence-electron chi connectivity index (χ1n) is 6.16. The lowest BCUT2D eigenvalue weighted by Crippen LogP contribution is -2.00. The average Bonchev–Trinajstić information content (AvgIpc) is 2.32. The number of nitrogens with zero attached hydrogens (tertiary/aromatic N) is 1. The molecule has 94 valence electrons. The molecule has 0 atom stereocenters. The summed E-state index contributed by atoms with van der Waals surface area (Å²) in [5.41, 5.74) is 8.00. The van der Waals surface area contributed by atoms with Gasteiger partial charge in [0.25, 0.3) is 0 Å². The number of aryl methyl sites for hydroxylation is 2. The monoisotopic (exact) mass is 241 g/mol. The summed E-state index contributed by atoms with van der Waals surface area (Å²) < 4.78 is 0. The highest BCUT2D eigenvalue weighted by molar-refractivity contribution is 5.69. The summed E-state index contributed by atoms with van der Waals surface area (Å²) in [5.74, 6) is 0.300. The molecule has 2 heteroatoms. The van der Waals surface area contributed by atoms with Gasteiger partial charge in [-0.05, 0) is 75.1 Å². The molecule has 2 rings (SSSR count). The Hall–Kier alpha value is -1.83. The number of aromatic nitrogens is 1. The average molecular weight is 241 g/mol. The fraction of sp³-hybridized carbons (Fsp3) is 0.312. The van der Waals surface area contributed by atoms with Gasteiger partial charge in [-0.3, -0.25) is 4.98 Å². The predicted molar refractivity (Wildman–Crippen MR) is 75.0 cm³/mol. The molecule has 0 bridgehead atoms. The summed E-state index contributed by atoms with van der Waals surface area (Å²) in [7, 11) is 0. The SMILES string of the molecule is Cc1cc(O)ccc1-c1nc(C)c(C)c(C)c1C. The zero-order valence-corrected chi connectivity index (χ0v) is 11.6. The van der Waals surface area contributed by atoms with Crippen molar-refractivity contribution in [2.24, 2.45) is 0 Å². The van der Waals surface area contributed by atoms with Gasteiger partial charge in [-0.15, -0.1) is 0 Å². The van der Waals surface area contributed by atoms with Crippen LogP contribution in [0.1, 0.15) is 27.9 Å². The molecule has 0 saturated heterocycles. The first-order valence-corrected chi connectivity index (χ1v) is 6.16. The van der Waals surface area contributed by atoms with E-state index in [1.807, 2.05) is 19.9 Å². The molecule has 0 aliphatic carbocycles. The van der Waals surface area contributed by atoms with E-state index in [1.54, 1.807) is 12.1 Å². The summed E-state index contributed by atoms with van der Waals surface area (Å²) in [6.07, 6.45) is 0. The van der Waals surface area contributed by atoms with E-state index in [9.17, 15) is 5.11 Å². The maximum absolute atomic E-state index is 9.49. The normalized spacial score (nSPS) is 10.7. The second-order valence-corrected chi connectivity index (χ2v) is 4.92. The van der Waals surface area contributed by atoms with Gasteiger partial charge >= 0.3 is 0 Å². The molecule has 2 nitrogen and oxygen atoms in total. The van der Waals surface area contributed by atoms with Gasteiger partial charge in [0, 0.05) is 11.3 Å². The van der Waals surface area contributed by atoms with Crippen LogP contribution in [-0.2, 0) is 0 Å². The standard InChI is InChI=1S/C16H19NO/c1-9-8-14(18)6-7-15(9)16-12(4)10(2)11(3)13(5)17-16/h6-8,18H,1-5H3. The van der Waals surface area contributed by atoms with Gasteiger partial charge in [-0.25, -0.2) is 0 Å². The zero-order valence-electron chi connectivity index (χ0n) is 11.6. The van der Waals surface area contributed by atoms with Crippen LogP contribution in [0.25, 0.3) is 11.3 Å². The molecule has 0 aliphatic heterocycles. The Kier molecular flexibility index (Phi) is 3.12. The highest BCUT2D eigenvalue weighted by atomic mass is 16.3. The lowest BCUT2D eigenvalue weighted by atomic mass is 9.96. The van der Waals surface area contributed by atoms with Gasteiger partial charge in [0.1, 0.15) is 5.75 Å². The Labute approximate surface area is 108 Å². The molecule has 0 amide bonds. The van der Waals surface area contributed by atoms with Crippen molar-refractivity contribution >= 4 is 0 Å². The van der Waals surface area contributed by atoms with Crippen LogP contribution in [0.4, 0.5) is 0 Å². The molecule has 18 heavy (non-hydrogen) atoms. The van der Waals surface area contributed by atoms with E-state index in [1.165, 1.54) is 16.7 Å². The van der Waals surface area contributed by atoms with Gasteiger partial charge in [-0.1, -0.05) is 0 Å². The van der Waals surface area contributed by atoms with Crippen LogP contribution < -0.4 is 0 Å². The van der Waals surface area contributed by atoms with E-state index in [-0.39, 0.29) is 0 Å². The lowest BCUT2D eigenvalue weighted by Gasteiger charge is -2.15. The van der Waals surface area contributed by atoms with Crippen LogP contribution in [0, 0.1) is 34.6 Å². The van der Waals surface area contributed by atoms with Gasteiger partial charge < -0.3 is 5.11 Å². The molecule has 1 heterocycles. The largest absolute Gasteiger partial charge is 0.508 e. The lowest BCUT2D eigenvalue weighted by molar-refractivity contribution is 0.475. The molecule has 2 aromatic rings. The summed E-state index contributed by atoms with van der Waals surface area (Å²) in [5, 5.41) is 9.49. The first-order chi connectivity index (χ1) is 8.41. The van der Waals surface area contributed by atoms with Crippen LogP contribution in [0.2, 0.25) is 0 Å². The van der Waals surface area contributed by atoms with E-state index in [4.69, 9.17) is 4.98 Å². The number of hydrogen-bond acceptors (Lipinski definition) is 2. The van der Waals surface area contributed by atoms with Crippen molar-refractivity contribution in [1.29, 1.82) is 0 Å². The number of benzene rings is 1. The molecule has 0 aliphatic rings. The van der Waals surface area contributed by atoms with E-state index >= 15 is 0 Å². The maximum atomic E-state index is 9.49. The molecule has 0 unspecified atom stereocenters. The molecular weight excluding hydrogens is 222 g/mol.